The molecule has 2 aromatic carbocycles. The Morgan fingerprint density at radius 1 is 0.968 bits per heavy atom. The molecule has 1 fully saturated rings. The molecule has 0 aliphatic carbocycles. The first-order valence-corrected chi connectivity index (χ1v) is 10.8. The molecule has 0 radical (unpaired) electrons. The first kappa shape index (κ1) is 22.8. The number of carboxylic acid groups (broad SMARTS) is 1. The molecule has 166 valence electrons. The van der Waals surface area contributed by atoms with Crippen molar-refractivity contribution in [3.8, 4) is 0 Å². The van der Waals surface area contributed by atoms with E-state index in [1.54, 1.807) is 0 Å². The summed E-state index contributed by atoms with van der Waals surface area (Å²) < 4.78 is 0. The minimum absolute atomic E-state index is 0.0392. The van der Waals surface area contributed by atoms with Crippen molar-refractivity contribution in [2.24, 2.45) is 5.92 Å². The molecule has 1 saturated heterocycles. The maximum absolute atomic E-state index is 13.5. The van der Waals surface area contributed by atoms with Crippen molar-refractivity contribution in [1.29, 1.82) is 0 Å². The molecule has 1 unspecified atom stereocenters. The van der Waals surface area contributed by atoms with E-state index >= 15 is 0 Å². The largest absolute Gasteiger partial charge is 0.465 e. The van der Waals surface area contributed by atoms with Crippen LogP contribution in [0.25, 0.3) is 0 Å². The quantitative estimate of drug-likeness (QED) is 0.740. The highest BCUT2D eigenvalue weighted by atomic mass is 16.4. The number of nitrogens with zero attached hydrogens (tertiary/aromatic N) is 3. The predicted molar refractivity (Wildman–Crippen MR) is 122 cm³/mol. The van der Waals surface area contributed by atoms with Crippen LogP contribution in [0.1, 0.15) is 24.0 Å². The number of carbonyl (C=O) groups is 2. The summed E-state index contributed by atoms with van der Waals surface area (Å²) in [5.74, 6) is -0.357. The molecule has 1 heterocycles. The van der Waals surface area contributed by atoms with Gasteiger partial charge in [0.2, 0.25) is 5.91 Å². The molecule has 3 rings (SSSR count). The monoisotopic (exact) mass is 423 g/mol. The Morgan fingerprint density at radius 2 is 1.52 bits per heavy atom. The van der Waals surface area contributed by atoms with Crippen LogP contribution in [0.15, 0.2) is 60.7 Å². The fourth-order valence-electron chi connectivity index (χ4n) is 4.63. The van der Waals surface area contributed by atoms with Crippen molar-refractivity contribution in [3.63, 3.8) is 0 Å². The second kappa shape index (κ2) is 9.96. The molecule has 2 amide bonds. The van der Waals surface area contributed by atoms with Crippen LogP contribution in [0.3, 0.4) is 0 Å². The number of piperidine rings is 1. The summed E-state index contributed by atoms with van der Waals surface area (Å²) in [4.78, 5) is 30.3. The fourth-order valence-corrected chi connectivity index (χ4v) is 4.63. The van der Waals surface area contributed by atoms with Crippen molar-refractivity contribution in [1.82, 2.24) is 14.7 Å². The van der Waals surface area contributed by atoms with Crippen molar-refractivity contribution in [2.75, 3.05) is 40.8 Å². The van der Waals surface area contributed by atoms with Crippen LogP contribution in [0.5, 0.6) is 0 Å². The Hall–Kier alpha value is -2.86. The molecule has 1 N–H and O–H groups in total. The summed E-state index contributed by atoms with van der Waals surface area (Å²) in [6.07, 6.45) is 1.22. The average Bonchev–Trinajstić information content (AvgIpc) is 2.79. The summed E-state index contributed by atoms with van der Waals surface area (Å²) >= 11 is 0. The molecule has 2 aromatic rings. The lowest BCUT2D eigenvalue weighted by Crippen LogP contribution is -2.53. The van der Waals surface area contributed by atoms with Gasteiger partial charge in [-0.15, -0.1) is 0 Å². The highest BCUT2D eigenvalue weighted by molar-refractivity contribution is 5.80. The van der Waals surface area contributed by atoms with Gasteiger partial charge in [-0.3, -0.25) is 9.69 Å². The molecule has 1 aliphatic heterocycles. The standard InChI is InChI=1S/C25H33N3O3/c1-26(2)25(22-12-8-5-9-13-22)14-16-28(17-15-25)23(29)21(19-27(3)24(30)31)18-20-10-6-4-7-11-20/h4-13,21H,14-19H2,1-3H3,(H,30,31). The van der Waals surface area contributed by atoms with Crippen LogP contribution < -0.4 is 0 Å². The molecule has 0 aromatic heterocycles. The SMILES string of the molecule is CN(CC(Cc1ccccc1)C(=O)N1CCC(c2ccccc2)(N(C)C)CC1)C(=O)O. The normalized spacial score (nSPS) is 16.7. The van der Waals surface area contributed by atoms with E-state index in [2.05, 4.69) is 43.3 Å². The maximum Gasteiger partial charge on any atom is 0.407 e. The fraction of sp³-hybridized carbons (Fsp3) is 0.440. The molecule has 1 atom stereocenters. The van der Waals surface area contributed by atoms with Gasteiger partial charge in [-0.2, -0.15) is 0 Å². The Labute approximate surface area is 185 Å². The minimum atomic E-state index is -1.01. The third-order valence-electron chi connectivity index (χ3n) is 6.56. The topological polar surface area (TPSA) is 64.1 Å². The molecule has 31 heavy (non-hydrogen) atoms. The van der Waals surface area contributed by atoms with Gasteiger partial charge in [-0.1, -0.05) is 60.7 Å². The van der Waals surface area contributed by atoms with Gasteiger partial charge in [0, 0.05) is 32.2 Å². The van der Waals surface area contributed by atoms with Gasteiger partial charge in [0.05, 0.1) is 5.92 Å². The number of rotatable bonds is 7. The summed E-state index contributed by atoms with van der Waals surface area (Å²) in [6.45, 7) is 1.51. The van der Waals surface area contributed by atoms with Gasteiger partial charge < -0.3 is 14.9 Å². The number of benzene rings is 2. The van der Waals surface area contributed by atoms with E-state index in [0.717, 1.165) is 18.4 Å². The number of likely N-dealkylation sites (tertiary alicyclic amines) is 1. The molecule has 1 aliphatic rings. The van der Waals surface area contributed by atoms with Crippen LogP contribution in [-0.4, -0.2) is 72.6 Å². The lowest BCUT2D eigenvalue weighted by molar-refractivity contribution is -0.138. The van der Waals surface area contributed by atoms with Gasteiger partial charge in [-0.05, 0) is 44.5 Å². The zero-order valence-electron chi connectivity index (χ0n) is 18.7. The van der Waals surface area contributed by atoms with Crippen molar-refractivity contribution < 1.29 is 14.7 Å². The number of amides is 2. The van der Waals surface area contributed by atoms with Gasteiger partial charge in [0.15, 0.2) is 0 Å². The second-order valence-corrected chi connectivity index (χ2v) is 8.67. The average molecular weight is 424 g/mol. The first-order valence-electron chi connectivity index (χ1n) is 10.8. The third-order valence-corrected chi connectivity index (χ3v) is 6.56. The third kappa shape index (κ3) is 5.25. The predicted octanol–water partition coefficient (Wildman–Crippen LogP) is 3.53. The lowest BCUT2D eigenvalue weighted by atomic mass is 9.79. The summed E-state index contributed by atoms with van der Waals surface area (Å²) in [7, 11) is 5.73. The Balaban J connectivity index is 1.75. The number of carbonyl (C=O) groups excluding carboxylic acids is 1. The molecule has 6 nitrogen and oxygen atoms in total. The summed E-state index contributed by atoms with van der Waals surface area (Å²) in [5, 5.41) is 9.34. The van der Waals surface area contributed by atoms with E-state index in [9.17, 15) is 14.7 Å². The Morgan fingerprint density at radius 3 is 2.03 bits per heavy atom. The van der Waals surface area contributed by atoms with E-state index < -0.39 is 12.0 Å². The van der Waals surface area contributed by atoms with E-state index in [0.29, 0.717) is 19.5 Å². The van der Waals surface area contributed by atoms with Crippen LogP contribution >= 0.6 is 0 Å². The zero-order chi connectivity index (χ0) is 22.4. The molecule has 0 spiro atoms. The van der Waals surface area contributed by atoms with Crippen molar-refractivity contribution >= 4 is 12.0 Å². The van der Waals surface area contributed by atoms with Gasteiger partial charge in [-0.25, -0.2) is 4.79 Å². The van der Waals surface area contributed by atoms with E-state index in [1.165, 1.54) is 17.5 Å². The lowest BCUT2D eigenvalue weighted by Gasteiger charge is -2.47. The smallest absolute Gasteiger partial charge is 0.407 e. The zero-order valence-corrected chi connectivity index (χ0v) is 18.7. The van der Waals surface area contributed by atoms with Crippen molar-refractivity contribution in [3.05, 3.63) is 71.8 Å². The summed E-state index contributed by atoms with van der Waals surface area (Å²) in [5.41, 5.74) is 2.23. The molecule has 0 saturated carbocycles. The van der Waals surface area contributed by atoms with Crippen LogP contribution in [-0.2, 0) is 16.8 Å². The van der Waals surface area contributed by atoms with Crippen LogP contribution in [0.2, 0.25) is 0 Å². The highest BCUT2D eigenvalue weighted by Crippen LogP contribution is 2.37. The van der Waals surface area contributed by atoms with Gasteiger partial charge >= 0.3 is 6.09 Å². The van der Waals surface area contributed by atoms with E-state index in [4.69, 9.17) is 0 Å². The molecular weight excluding hydrogens is 390 g/mol. The highest BCUT2D eigenvalue weighted by Gasteiger charge is 2.40. The van der Waals surface area contributed by atoms with Gasteiger partial charge in [0.1, 0.15) is 0 Å². The van der Waals surface area contributed by atoms with E-state index in [-0.39, 0.29) is 18.0 Å². The summed E-state index contributed by atoms with van der Waals surface area (Å²) in [6, 6.07) is 20.3. The van der Waals surface area contributed by atoms with Crippen molar-refractivity contribution in [2.45, 2.75) is 24.8 Å². The van der Waals surface area contributed by atoms with Crippen LogP contribution in [0, 0.1) is 5.92 Å². The van der Waals surface area contributed by atoms with Gasteiger partial charge in [0.25, 0.3) is 0 Å². The number of hydrogen-bond acceptors (Lipinski definition) is 3. The molecular formula is C25H33N3O3. The molecule has 0 bridgehead atoms. The maximum atomic E-state index is 13.5. The second-order valence-electron chi connectivity index (χ2n) is 8.67. The van der Waals surface area contributed by atoms with Crippen LogP contribution in [0.4, 0.5) is 4.79 Å². The van der Waals surface area contributed by atoms with E-state index in [1.807, 2.05) is 41.3 Å². The minimum Gasteiger partial charge on any atom is -0.465 e. The number of hydrogen-bond donors (Lipinski definition) is 1. The Kier molecular flexibility index (Phi) is 7.33. The molecule has 6 heteroatoms. The Bertz CT molecular complexity index is 862. The first-order chi connectivity index (χ1) is 14.8.